The molecule has 0 bridgehead atoms. The van der Waals surface area contributed by atoms with Gasteiger partial charge in [0.15, 0.2) is 0 Å². The van der Waals surface area contributed by atoms with Gasteiger partial charge in [-0.05, 0) is 58.4 Å². The fourth-order valence-corrected chi connectivity index (χ4v) is 6.32. The van der Waals surface area contributed by atoms with Crippen LogP contribution in [-0.4, -0.2) is 83.6 Å². The van der Waals surface area contributed by atoms with E-state index in [0.717, 1.165) is 39.8 Å². The van der Waals surface area contributed by atoms with E-state index in [4.69, 9.17) is 9.47 Å². The van der Waals surface area contributed by atoms with E-state index in [2.05, 4.69) is 58.6 Å². The van der Waals surface area contributed by atoms with Crippen LogP contribution in [-0.2, 0) is 38.6 Å². The van der Waals surface area contributed by atoms with Crippen LogP contribution in [0.2, 0.25) is 0 Å². The van der Waals surface area contributed by atoms with E-state index in [9.17, 15) is 14.4 Å². The van der Waals surface area contributed by atoms with E-state index in [1.807, 2.05) is 53.3 Å². The van der Waals surface area contributed by atoms with Crippen molar-refractivity contribution in [2.24, 2.45) is 5.92 Å². The van der Waals surface area contributed by atoms with E-state index in [-0.39, 0.29) is 36.7 Å². The number of fused-ring (bicyclic) bond motifs is 1. The number of esters is 1. The summed E-state index contributed by atoms with van der Waals surface area (Å²) in [6.07, 6.45) is 6.91. The van der Waals surface area contributed by atoms with Crippen LogP contribution in [0.25, 0.3) is 10.8 Å². The summed E-state index contributed by atoms with van der Waals surface area (Å²) < 4.78 is 12.2. The second kappa shape index (κ2) is 19.0. The number of hydrogen-bond donors (Lipinski definition) is 2. The number of methoxy groups -OCH3 is 2. The number of ether oxygens (including phenoxy) is 2. The first-order chi connectivity index (χ1) is 23.7. The van der Waals surface area contributed by atoms with Gasteiger partial charge in [-0.2, -0.15) is 11.8 Å². The molecule has 1 heterocycles. The highest BCUT2D eigenvalue weighted by Crippen LogP contribution is 2.21. The molecule has 4 aromatic rings. The van der Waals surface area contributed by atoms with Crippen molar-refractivity contribution in [3.05, 3.63) is 96.1 Å². The summed E-state index contributed by atoms with van der Waals surface area (Å²) in [5.74, 6) is 0.791. The van der Waals surface area contributed by atoms with Gasteiger partial charge in [-0.3, -0.25) is 14.5 Å². The van der Waals surface area contributed by atoms with Gasteiger partial charge in [0.25, 0.3) is 0 Å². The lowest BCUT2D eigenvalue weighted by molar-refractivity contribution is -0.145. The van der Waals surface area contributed by atoms with Crippen LogP contribution in [0.4, 0.5) is 0 Å². The summed E-state index contributed by atoms with van der Waals surface area (Å²) in [7, 11) is 2.97. The SMILES string of the molecule is CCC(C)[C@@H](CN(CC(=O)N[C@@H](CCSC)C(=O)OC)Cc1cccc2ccccc12)NC(=O)Cc1cncn1Cc1ccc(OC)cc1. The molecule has 262 valence electrons. The second-order valence-corrected chi connectivity index (χ2v) is 13.3. The van der Waals surface area contributed by atoms with Crippen LogP contribution in [0, 0.1) is 5.92 Å². The number of carbonyl (C=O) groups is 3. The monoisotopic (exact) mass is 687 g/mol. The van der Waals surface area contributed by atoms with Gasteiger partial charge in [0.1, 0.15) is 11.8 Å². The first kappa shape index (κ1) is 37.5. The molecule has 0 aliphatic carbocycles. The molecule has 11 heteroatoms. The second-order valence-electron chi connectivity index (χ2n) is 12.3. The third kappa shape index (κ3) is 11.1. The van der Waals surface area contributed by atoms with Crippen molar-refractivity contribution in [3.8, 4) is 5.75 Å². The maximum atomic E-state index is 13.6. The predicted octanol–water partition coefficient (Wildman–Crippen LogP) is 5.08. The number of nitrogens with one attached hydrogen (secondary N) is 2. The molecule has 4 rings (SSSR count). The minimum absolute atomic E-state index is 0.0490. The lowest BCUT2D eigenvalue weighted by Gasteiger charge is -2.32. The number of carbonyl (C=O) groups excluding carboxylic acids is 3. The van der Waals surface area contributed by atoms with Crippen molar-refractivity contribution in [2.45, 2.75) is 58.3 Å². The molecule has 3 aromatic carbocycles. The molecule has 2 amide bonds. The van der Waals surface area contributed by atoms with Crippen molar-refractivity contribution in [1.29, 1.82) is 0 Å². The highest BCUT2D eigenvalue weighted by molar-refractivity contribution is 7.98. The van der Waals surface area contributed by atoms with Crippen LogP contribution in [0.3, 0.4) is 0 Å². The van der Waals surface area contributed by atoms with Crippen molar-refractivity contribution in [2.75, 3.05) is 39.3 Å². The Morgan fingerprint density at radius 1 is 0.980 bits per heavy atom. The Kier molecular flexibility index (Phi) is 14.5. The first-order valence-electron chi connectivity index (χ1n) is 16.7. The van der Waals surface area contributed by atoms with Gasteiger partial charge in [-0.25, -0.2) is 9.78 Å². The van der Waals surface area contributed by atoms with Gasteiger partial charge >= 0.3 is 5.97 Å². The van der Waals surface area contributed by atoms with E-state index in [1.165, 1.54) is 7.11 Å². The minimum Gasteiger partial charge on any atom is -0.497 e. The van der Waals surface area contributed by atoms with Crippen LogP contribution < -0.4 is 15.4 Å². The third-order valence-electron chi connectivity index (χ3n) is 8.86. The Bertz CT molecular complexity index is 1650. The Labute approximate surface area is 293 Å². The van der Waals surface area contributed by atoms with E-state index >= 15 is 0 Å². The maximum absolute atomic E-state index is 13.6. The standard InChI is InChI=1S/C38H49N5O5S/c1-6-27(2)35(41-36(44)20-31-21-39-26-43(31)22-28-14-16-32(47-3)17-15-28)24-42(23-30-12-9-11-29-10-7-8-13-33(29)30)25-37(45)40-34(18-19-49-5)38(46)48-4/h7-17,21,26-27,34-35H,6,18-20,22-25H2,1-5H3,(H,40,45)(H,41,44)/t27?,34-,35+/m0/s1. The summed E-state index contributed by atoms with van der Waals surface area (Å²) in [5, 5.41) is 8.42. The zero-order chi connectivity index (χ0) is 35.2. The first-order valence-corrected chi connectivity index (χ1v) is 18.1. The fraction of sp³-hybridized carbons (Fsp3) is 0.421. The molecule has 49 heavy (non-hydrogen) atoms. The molecule has 1 aromatic heterocycles. The molecule has 0 fully saturated rings. The van der Waals surface area contributed by atoms with E-state index < -0.39 is 12.0 Å². The molecule has 0 aliphatic rings. The normalized spacial score (nSPS) is 13.1. The van der Waals surface area contributed by atoms with Gasteiger partial charge in [-0.1, -0.05) is 74.9 Å². The molecule has 0 spiro atoms. The number of aromatic nitrogens is 2. The molecule has 0 saturated carbocycles. The number of thioether (sulfide) groups is 1. The molecule has 0 aliphatic heterocycles. The summed E-state index contributed by atoms with van der Waals surface area (Å²) in [6.45, 7) is 5.77. The Morgan fingerprint density at radius 2 is 1.73 bits per heavy atom. The largest absolute Gasteiger partial charge is 0.497 e. The van der Waals surface area contributed by atoms with Crippen molar-refractivity contribution in [3.63, 3.8) is 0 Å². The molecular weight excluding hydrogens is 639 g/mol. The topological polar surface area (TPSA) is 115 Å². The molecule has 0 radical (unpaired) electrons. The summed E-state index contributed by atoms with van der Waals surface area (Å²) in [6, 6.07) is 21.2. The zero-order valence-corrected chi connectivity index (χ0v) is 30.0. The summed E-state index contributed by atoms with van der Waals surface area (Å²) in [4.78, 5) is 46.0. The highest BCUT2D eigenvalue weighted by Gasteiger charge is 2.26. The van der Waals surface area contributed by atoms with E-state index in [0.29, 0.717) is 31.8 Å². The smallest absolute Gasteiger partial charge is 0.328 e. The van der Waals surface area contributed by atoms with Gasteiger partial charge < -0.3 is 24.7 Å². The van der Waals surface area contributed by atoms with Crippen LogP contribution in [0.15, 0.2) is 79.3 Å². The molecule has 0 saturated heterocycles. The molecular formula is C38H49N5O5S. The van der Waals surface area contributed by atoms with Crippen LogP contribution in [0.1, 0.15) is 43.5 Å². The van der Waals surface area contributed by atoms with Crippen LogP contribution >= 0.6 is 11.8 Å². The van der Waals surface area contributed by atoms with Gasteiger partial charge in [0.2, 0.25) is 11.8 Å². The number of imidazole rings is 1. The lowest BCUT2D eigenvalue weighted by Crippen LogP contribution is -2.51. The minimum atomic E-state index is -0.725. The molecule has 3 atom stereocenters. The number of hydrogen-bond acceptors (Lipinski definition) is 8. The summed E-state index contributed by atoms with van der Waals surface area (Å²) >= 11 is 1.61. The molecule has 10 nitrogen and oxygen atoms in total. The van der Waals surface area contributed by atoms with Gasteiger partial charge in [-0.15, -0.1) is 0 Å². The number of benzene rings is 3. The fourth-order valence-electron chi connectivity index (χ4n) is 5.84. The average Bonchev–Trinajstić information content (AvgIpc) is 3.54. The van der Waals surface area contributed by atoms with Crippen molar-refractivity contribution < 1.29 is 23.9 Å². The third-order valence-corrected chi connectivity index (χ3v) is 9.50. The number of rotatable bonds is 19. The Hall–Kier alpha value is -4.35. The molecule has 1 unspecified atom stereocenters. The quantitative estimate of drug-likeness (QED) is 0.131. The Morgan fingerprint density at radius 3 is 2.45 bits per heavy atom. The van der Waals surface area contributed by atoms with E-state index in [1.54, 1.807) is 31.4 Å². The predicted molar refractivity (Wildman–Crippen MR) is 196 cm³/mol. The van der Waals surface area contributed by atoms with Crippen LogP contribution in [0.5, 0.6) is 5.75 Å². The molecule has 2 N–H and O–H groups in total. The number of amides is 2. The number of nitrogens with zero attached hydrogens (tertiary/aromatic N) is 3. The maximum Gasteiger partial charge on any atom is 0.328 e. The summed E-state index contributed by atoms with van der Waals surface area (Å²) in [5.41, 5.74) is 2.96. The van der Waals surface area contributed by atoms with Gasteiger partial charge in [0, 0.05) is 37.6 Å². The zero-order valence-electron chi connectivity index (χ0n) is 29.2. The Balaban J connectivity index is 1.52. The lowest BCUT2D eigenvalue weighted by atomic mass is 9.97. The van der Waals surface area contributed by atoms with Crippen molar-refractivity contribution in [1.82, 2.24) is 25.1 Å². The average molecular weight is 688 g/mol. The van der Waals surface area contributed by atoms with Gasteiger partial charge in [0.05, 0.1) is 33.5 Å². The van der Waals surface area contributed by atoms with Crippen molar-refractivity contribution >= 4 is 40.3 Å². The highest BCUT2D eigenvalue weighted by atomic mass is 32.2.